The Labute approximate surface area is 112 Å². The van der Waals surface area contributed by atoms with Gasteiger partial charge in [0.2, 0.25) is 5.91 Å². The lowest BCUT2D eigenvalue weighted by atomic mass is 9.88. The summed E-state index contributed by atoms with van der Waals surface area (Å²) in [5.41, 5.74) is 0. The van der Waals surface area contributed by atoms with Crippen molar-refractivity contribution in [2.24, 2.45) is 17.8 Å². The molecule has 0 aromatic rings. The molecule has 2 rings (SSSR count). The summed E-state index contributed by atoms with van der Waals surface area (Å²) in [6.45, 7) is 3.15. The van der Waals surface area contributed by atoms with E-state index in [1.54, 1.807) is 0 Å². The first-order valence-electron chi connectivity index (χ1n) is 8.09. The molecule has 104 valence electrons. The van der Waals surface area contributed by atoms with Crippen LogP contribution in [0.3, 0.4) is 0 Å². The third kappa shape index (κ3) is 3.73. The van der Waals surface area contributed by atoms with Gasteiger partial charge in [-0.2, -0.15) is 0 Å². The van der Waals surface area contributed by atoms with Crippen molar-refractivity contribution < 1.29 is 4.79 Å². The van der Waals surface area contributed by atoms with E-state index in [0.717, 1.165) is 24.8 Å². The second-order valence-electron chi connectivity index (χ2n) is 6.34. The Kier molecular flexibility index (Phi) is 5.52. The summed E-state index contributed by atoms with van der Waals surface area (Å²) in [5.74, 6) is 2.32. The normalized spacial score (nSPS) is 29.7. The number of rotatable bonds is 8. The molecule has 2 aliphatic rings. The summed E-state index contributed by atoms with van der Waals surface area (Å²) in [6, 6.07) is 0. The second kappa shape index (κ2) is 7.16. The molecule has 1 amide bonds. The predicted octanol–water partition coefficient (Wildman–Crippen LogP) is 3.90. The van der Waals surface area contributed by atoms with Crippen molar-refractivity contribution in [3.63, 3.8) is 0 Å². The lowest BCUT2D eigenvalue weighted by molar-refractivity contribution is -0.126. The average molecular weight is 251 g/mol. The molecule has 2 aliphatic carbocycles. The van der Waals surface area contributed by atoms with E-state index in [1.807, 2.05) is 0 Å². The van der Waals surface area contributed by atoms with Gasteiger partial charge in [-0.25, -0.2) is 0 Å². The van der Waals surface area contributed by atoms with Gasteiger partial charge in [0.25, 0.3) is 0 Å². The minimum absolute atomic E-state index is 0.357. The van der Waals surface area contributed by atoms with E-state index < -0.39 is 0 Å². The van der Waals surface area contributed by atoms with Crippen LogP contribution in [0.4, 0.5) is 0 Å². The van der Waals surface area contributed by atoms with E-state index in [0.29, 0.717) is 11.8 Å². The van der Waals surface area contributed by atoms with Gasteiger partial charge >= 0.3 is 0 Å². The molecule has 0 aromatic heterocycles. The van der Waals surface area contributed by atoms with Gasteiger partial charge in [0.05, 0.1) is 0 Å². The number of carbonyl (C=O) groups excluding carboxylic acids is 1. The lowest BCUT2D eigenvalue weighted by Gasteiger charge is -2.20. The summed E-state index contributed by atoms with van der Waals surface area (Å²) in [5, 5.41) is 3.16. The van der Waals surface area contributed by atoms with Crippen LogP contribution in [-0.4, -0.2) is 12.5 Å². The number of carbonyl (C=O) groups is 1. The van der Waals surface area contributed by atoms with E-state index in [2.05, 4.69) is 12.2 Å². The minimum Gasteiger partial charge on any atom is -0.356 e. The molecule has 2 nitrogen and oxygen atoms in total. The van der Waals surface area contributed by atoms with Crippen molar-refractivity contribution in [2.75, 3.05) is 6.54 Å². The zero-order chi connectivity index (χ0) is 12.8. The van der Waals surface area contributed by atoms with Crippen LogP contribution in [0, 0.1) is 17.8 Å². The predicted molar refractivity (Wildman–Crippen MR) is 75.3 cm³/mol. The molecule has 2 fully saturated rings. The summed E-state index contributed by atoms with van der Waals surface area (Å²) in [7, 11) is 0. The first kappa shape index (κ1) is 13.9. The van der Waals surface area contributed by atoms with Crippen molar-refractivity contribution in [2.45, 2.75) is 71.1 Å². The topological polar surface area (TPSA) is 29.1 Å². The van der Waals surface area contributed by atoms with Crippen molar-refractivity contribution >= 4 is 5.91 Å². The highest BCUT2D eigenvalue weighted by molar-refractivity contribution is 5.79. The van der Waals surface area contributed by atoms with Gasteiger partial charge in [-0.3, -0.25) is 4.79 Å². The molecule has 0 spiro atoms. The maximum absolute atomic E-state index is 12.1. The van der Waals surface area contributed by atoms with Crippen LogP contribution in [0.1, 0.15) is 71.1 Å². The Bertz CT molecular complexity index is 264. The number of nitrogens with one attached hydrogen (secondary N) is 1. The zero-order valence-corrected chi connectivity index (χ0v) is 11.9. The van der Waals surface area contributed by atoms with E-state index in [4.69, 9.17) is 0 Å². The van der Waals surface area contributed by atoms with Crippen LogP contribution in [-0.2, 0) is 4.79 Å². The van der Waals surface area contributed by atoms with Crippen molar-refractivity contribution in [1.82, 2.24) is 5.32 Å². The molecule has 18 heavy (non-hydrogen) atoms. The molecular weight excluding hydrogens is 222 g/mol. The third-order valence-corrected chi connectivity index (χ3v) is 4.90. The van der Waals surface area contributed by atoms with Crippen molar-refractivity contribution in [3.05, 3.63) is 0 Å². The highest BCUT2D eigenvalue weighted by atomic mass is 16.1. The van der Waals surface area contributed by atoms with Crippen molar-refractivity contribution in [1.29, 1.82) is 0 Å². The van der Waals surface area contributed by atoms with Crippen LogP contribution in [0.15, 0.2) is 0 Å². The van der Waals surface area contributed by atoms with Gasteiger partial charge < -0.3 is 5.32 Å². The Morgan fingerprint density at radius 1 is 1.06 bits per heavy atom. The zero-order valence-electron chi connectivity index (χ0n) is 11.9. The molecule has 0 unspecified atom stereocenters. The molecule has 1 N–H and O–H groups in total. The highest BCUT2D eigenvalue weighted by Gasteiger charge is 2.42. The molecule has 2 heteroatoms. The van der Waals surface area contributed by atoms with Crippen LogP contribution >= 0.6 is 0 Å². The van der Waals surface area contributed by atoms with Crippen LogP contribution in [0.5, 0.6) is 0 Å². The monoisotopic (exact) mass is 251 g/mol. The van der Waals surface area contributed by atoms with Gasteiger partial charge in [-0.1, -0.05) is 45.4 Å². The van der Waals surface area contributed by atoms with Gasteiger partial charge in [-0.15, -0.1) is 0 Å². The number of unbranched alkanes of at least 4 members (excludes halogenated alkanes) is 5. The Hall–Kier alpha value is -0.530. The fourth-order valence-electron chi connectivity index (χ4n) is 3.81. The summed E-state index contributed by atoms with van der Waals surface area (Å²) < 4.78 is 0. The summed E-state index contributed by atoms with van der Waals surface area (Å²) in [4.78, 5) is 12.1. The fourth-order valence-corrected chi connectivity index (χ4v) is 3.81. The lowest BCUT2D eigenvalue weighted by Crippen LogP contribution is -2.34. The SMILES string of the molecule is CCCCCCCCNC(=O)[C@@H]1C[C@@H]2CC[C@@H]1C2. The first-order chi connectivity index (χ1) is 8.81. The summed E-state index contributed by atoms with van der Waals surface area (Å²) >= 11 is 0. The minimum atomic E-state index is 0.357. The van der Waals surface area contributed by atoms with E-state index in [1.165, 1.54) is 57.8 Å². The molecule has 0 heterocycles. The smallest absolute Gasteiger partial charge is 0.223 e. The number of amides is 1. The molecule has 0 saturated heterocycles. The largest absolute Gasteiger partial charge is 0.356 e. The van der Waals surface area contributed by atoms with E-state index >= 15 is 0 Å². The number of hydrogen-bond acceptors (Lipinski definition) is 1. The van der Waals surface area contributed by atoms with Gasteiger partial charge in [-0.05, 0) is 37.5 Å². The van der Waals surface area contributed by atoms with Crippen LogP contribution < -0.4 is 5.32 Å². The maximum atomic E-state index is 12.1. The first-order valence-corrected chi connectivity index (χ1v) is 8.09. The third-order valence-electron chi connectivity index (χ3n) is 4.90. The summed E-state index contributed by atoms with van der Waals surface area (Å²) in [6.07, 6.45) is 13.0. The quantitative estimate of drug-likeness (QED) is 0.651. The molecule has 2 bridgehead atoms. The molecule has 2 saturated carbocycles. The Morgan fingerprint density at radius 2 is 1.83 bits per heavy atom. The second-order valence-corrected chi connectivity index (χ2v) is 6.34. The fraction of sp³-hybridized carbons (Fsp3) is 0.938. The Morgan fingerprint density at radius 3 is 2.50 bits per heavy atom. The van der Waals surface area contributed by atoms with E-state index in [9.17, 15) is 4.79 Å². The number of fused-ring (bicyclic) bond motifs is 2. The molecule has 0 aliphatic heterocycles. The van der Waals surface area contributed by atoms with E-state index in [-0.39, 0.29) is 0 Å². The van der Waals surface area contributed by atoms with Gasteiger partial charge in [0.15, 0.2) is 0 Å². The maximum Gasteiger partial charge on any atom is 0.223 e. The highest BCUT2D eigenvalue weighted by Crippen LogP contribution is 2.48. The standard InChI is InChI=1S/C16H29NO/c1-2-3-4-5-6-7-10-17-16(18)15-12-13-8-9-14(15)11-13/h13-15H,2-12H2,1H3,(H,17,18)/t13-,14-,15-/m1/s1. The number of hydrogen-bond donors (Lipinski definition) is 1. The molecule has 0 radical (unpaired) electrons. The Balaban J connectivity index is 1.50. The van der Waals surface area contributed by atoms with Gasteiger partial charge in [0.1, 0.15) is 0 Å². The van der Waals surface area contributed by atoms with Crippen LogP contribution in [0.25, 0.3) is 0 Å². The van der Waals surface area contributed by atoms with Crippen molar-refractivity contribution in [3.8, 4) is 0 Å². The van der Waals surface area contributed by atoms with Crippen LogP contribution in [0.2, 0.25) is 0 Å². The average Bonchev–Trinajstić information content (AvgIpc) is 2.99. The molecular formula is C16H29NO. The van der Waals surface area contributed by atoms with Gasteiger partial charge in [0, 0.05) is 12.5 Å². The molecule has 0 aromatic carbocycles. The molecule has 3 atom stereocenters.